The van der Waals surface area contributed by atoms with E-state index in [-0.39, 0.29) is 50.8 Å². The lowest BCUT2D eigenvalue weighted by Crippen LogP contribution is -2.64. The zero-order valence-corrected chi connectivity index (χ0v) is 37.8. The third kappa shape index (κ3) is 17.8. The molecule has 2 rings (SSSR count). The van der Waals surface area contributed by atoms with Crippen LogP contribution in [0.2, 0.25) is 0 Å². The Morgan fingerprint density at radius 3 is 2.03 bits per heavy atom. The van der Waals surface area contributed by atoms with Crippen molar-refractivity contribution >= 4 is 47.3 Å². The third-order valence-electron chi connectivity index (χ3n) is 10.3. The van der Waals surface area contributed by atoms with Crippen LogP contribution in [0.3, 0.4) is 0 Å². The molecule has 1 saturated heterocycles. The quantitative estimate of drug-likeness (QED) is 0.0357. The minimum Gasteiger partial charge on any atom is -0.506 e. The van der Waals surface area contributed by atoms with E-state index in [0.717, 1.165) is 18.2 Å². The Bertz CT molecular complexity index is 1970. The number of allylic oxidation sites excluding steroid dienone is 1. The Labute approximate surface area is 389 Å². The van der Waals surface area contributed by atoms with E-state index in [4.69, 9.17) is 28.7 Å². The van der Waals surface area contributed by atoms with Crippen LogP contribution in [-0.4, -0.2) is 162 Å². The number of nitrogens with two attached hydrogens (primary N) is 5. The Kier molecular flexibility index (Phi) is 23.5. The molecule has 28 heteroatoms. The molecule has 1 aliphatic rings. The molecule has 1 aromatic carbocycles. The third-order valence-corrected chi connectivity index (χ3v) is 10.3. The molecule has 1 fully saturated rings. The number of rotatable bonds is 14. The van der Waals surface area contributed by atoms with Gasteiger partial charge in [-0.1, -0.05) is 26.0 Å². The number of benzene rings is 1. The summed E-state index contributed by atoms with van der Waals surface area (Å²) in [6.07, 6.45) is -9.64. The number of aliphatic imine (C=N–C) groups is 1. The smallest absolute Gasteiger partial charge is 0.419 e. The number of carbonyl (C=O) groups is 7. The van der Waals surface area contributed by atoms with Crippen LogP contribution < -0.4 is 71.2 Å². The molecule has 22 N–H and O–H groups in total. The fourth-order valence-corrected chi connectivity index (χ4v) is 6.71. The first-order chi connectivity index (χ1) is 31.9. The number of guanidine groups is 1. The monoisotopic (exact) mass is 974 g/mol. The van der Waals surface area contributed by atoms with Crippen molar-refractivity contribution in [1.82, 2.24) is 42.5 Å². The van der Waals surface area contributed by atoms with Crippen molar-refractivity contribution in [1.29, 1.82) is 0 Å². The normalized spacial score (nSPS) is 24.9. The standard InChI is InChI=1S/C40H65F3N14O11/c1-4-22-33(63)54-24(10-11-44)35(65)52-19(13-18(2)3)16-50-23(9-6-12-49-39(47)48)34(64)56-29(26(59)15-46)38(68)57-28(25(58)14-45)36(66)51-17-27(60)30(37(67)53-22)55-32(62)20-7-5-8-21(31(20)61)40(41,42)43/h4-5,7-8,18-19,23-30,50,58-61H,6,9-17,44-46H2,1-3H3,(H,51,66)(H,52,65)(H,53,67)(H,54,63)(H,55,62)(H,56,64)(H,57,68)(H4,47,48,49)/b22-4-/t19-,23-,24-,25?,26?,27?,28?,29?,30?/m0/s1. The van der Waals surface area contributed by atoms with Gasteiger partial charge < -0.3 is 91.6 Å². The van der Waals surface area contributed by atoms with Crippen LogP contribution in [0.15, 0.2) is 35.0 Å². The number of aromatic hydroxyl groups is 1. The first-order valence-electron chi connectivity index (χ1n) is 21.5. The molecule has 0 aromatic heterocycles. The highest BCUT2D eigenvalue weighted by Gasteiger charge is 2.39. The number of aliphatic hydroxyl groups excluding tert-OH is 3. The van der Waals surface area contributed by atoms with Gasteiger partial charge in [-0.3, -0.25) is 38.6 Å². The van der Waals surface area contributed by atoms with Crippen LogP contribution in [0.4, 0.5) is 13.2 Å². The van der Waals surface area contributed by atoms with Gasteiger partial charge in [0.25, 0.3) is 11.8 Å². The van der Waals surface area contributed by atoms with Gasteiger partial charge in [-0.2, -0.15) is 13.2 Å². The minimum absolute atomic E-state index is 0.0174. The summed E-state index contributed by atoms with van der Waals surface area (Å²) in [4.78, 5) is 100. The molecule has 0 aliphatic carbocycles. The second-order valence-electron chi connectivity index (χ2n) is 16.1. The summed E-state index contributed by atoms with van der Waals surface area (Å²) in [7, 11) is 0. The van der Waals surface area contributed by atoms with Crippen molar-refractivity contribution in [3.05, 3.63) is 41.1 Å². The Morgan fingerprint density at radius 1 is 0.868 bits per heavy atom. The second-order valence-corrected chi connectivity index (χ2v) is 16.1. The molecule has 1 aliphatic heterocycles. The molecule has 0 saturated carbocycles. The van der Waals surface area contributed by atoms with E-state index in [9.17, 15) is 67.2 Å². The maximum atomic E-state index is 14.0. The molecule has 1 aromatic rings. The average Bonchev–Trinajstić information content (AvgIpc) is 3.27. The van der Waals surface area contributed by atoms with Crippen LogP contribution in [0.5, 0.6) is 5.75 Å². The Morgan fingerprint density at radius 2 is 1.47 bits per heavy atom. The summed E-state index contributed by atoms with van der Waals surface area (Å²) in [6, 6.07) is -7.43. The van der Waals surface area contributed by atoms with Gasteiger partial charge in [-0.25, -0.2) is 0 Å². The van der Waals surface area contributed by atoms with Gasteiger partial charge in [0.05, 0.1) is 29.4 Å². The number of nitrogens with one attached hydrogen (secondary N) is 8. The number of amides is 7. The van der Waals surface area contributed by atoms with E-state index in [2.05, 4.69) is 42.2 Å². The largest absolute Gasteiger partial charge is 0.506 e. The lowest BCUT2D eigenvalue weighted by atomic mass is 10.0. The van der Waals surface area contributed by atoms with Gasteiger partial charge in [0.15, 0.2) is 5.96 Å². The summed E-state index contributed by atoms with van der Waals surface area (Å²) in [5.74, 6) is -10.1. The molecule has 25 nitrogen and oxygen atoms in total. The molecule has 68 heavy (non-hydrogen) atoms. The number of aliphatic hydroxyl groups is 3. The van der Waals surface area contributed by atoms with Gasteiger partial charge in [-0.15, -0.1) is 0 Å². The first kappa shape index (κ1) is 58.0. The number of phenolic OH excluding ortho intramolecular Hbond substituents is 1. The van der Waals surface area contributed by atoms with Crippen LogP contribution in [0.25, 0.3) is 0 Å². The van der Waals surface area contributed by atoms with Crippen LogP contribution >= 0.6 is 0 Å². The van der Waals surface area contributed by atoms with E-state index in [1.807, 2.05) is 19.2 Å². The number of phenols is 1. The fourth-order valence-electron chi connectivity index (χ4n) is 6.71. The van der Waals surface area contributed by atoms with E-state index >= 15 is 0 Å². The topological polar surface area (TPSA) is 439 Å². The molecule has 9 atom stereocenters. The average molecular weight is 975 g/mol. The summed E-state index contributed by atoms with van der Waals surface area (Å²) in [5, 5.41) is 62.5. The maximum absolute atomic E-state index is 14.0. The van der Waals surface area contributed by atoms with Crippen molar-refractivity contribution in [3.8, 4) is 5.75 Å². The van der Waals surface area contributed by atoms with E-state index in [1.165, 1.54) is 6.92 Å². The maximum Gasteiger partial charge on any atom is 0.419 e. The molecule has 0 spiro atoms. The van der Waals surface area contributed by atoms with Crippen LogP contribution in [0, 0.1) is 5.92 Å². The van der Waals surface area contributed by atoms with Crippen LogP contribution in [0.1, 0.15) is 62.4 Å². The van der Waals surface area contributed by atoms with Crippen LogP contribution in [-0.2, 0) is 34.9 Å². The number of β-amino-alcohol motifs (C(OH)–C–C–N with tert-alkyl or cyclic N) is 1. The minimum atomic E-state index is -5.14. The van der Waals surface area contributed by atoms with Crippen molar-refractivity contribution < 1.29 is 67.2 Å². The Balaban J connectivity index is 2.76. The number of alkyl halides is 3. The predicted molar refractivity (Wildman–Crippen MR) is 238 cm³/mol. The number of hydrogen-bond acceptors (Lipinski definition) is 16. The molecule has 382 valence electrons. The van der Waals surface area contributed by atoms with E-state index in [1.54, 1.807) is 0 Å². The highest BCUT2D eigenvalue weighted by molar-refractivity contribution is 6.03. The zero-order valence-electron chi connectivity index (χ0n) is 37.8. The zero-order chi connectivity index (χ0) is 51.5. The van der Waals surface area contributed by atoms with E-state index < -0.39 is 144 Å². The van der Waals surface area contributed by atoms with Gasteiger partial charge >= 0.3 is 6.18 Å². The van der Waals surface area contributed by atoms with Gasteiger partial charge in [0.1, 0.15) is 41.7 Å². The molecule has 0 bridgehead atoms. The highest BCUT2D eigenvalue weighted by Crippen LogP contribution is 2.37. The van der Waals surface area contributed by atoms with Crippen molar-refractivity contribution in [2.75, 3.05) is 39.3 Å². The summed E-state index contributed by atoms with van der Waals surface area (Å²) < 4.78 is 40.9. The van der Waals surface area contributed by atoms with Crippen molar-refractivity contribution in [2.24, 2.45) is 39.6 Å². The second kappa shape index (κ2) is 27.6. The molecular weight excluding hydrogens is 910 g/mol. The lowest BCUT2D eigenvalue weighted by molar-refractivity contribution is -0.139. The summed E-state index contributed by atoms with van der Waals surface area (Å²) in [5.41, 5.74) is 24.8. The molecule has 7 amide bonds. The number of para-hydroxylation sites is 1. The number of hydrogen-bond donors (Lipinski definition) is 17. The fraction of sp³-hybridized carbons (Fsp3) is 0.600. The number of nitrogens with zero attached hydrogens (tertiary/aromatic N) is 1. The first-order valence-corrected chi connectivity index (χ1v) is 21.5. The van der Waals surface area contributed by atoms with Gasteiger partial charge in [0.2, 0.25) is 29.5 Å². The predicted octanol–water partition coefficient (Wildman–Crippen LogP) is -5.99. The van der Waals surface area contributed by atoms with Crippen molar-refractivity contribution in [3.63, 3.8) is 0 Å². The SMILES string of the molecule is C/C=C1\NC(=O)C(NC(=O)c2cccc(C(F)(F)F)c2O)C(O)CNC(=O)C(C(O)CN)NC(=O)C(C(O)CN)NC(=O)[C@H](CCCN=C(N)N)NC[C@H](CC(C)C)NC(=O)[C@H](CCN)NC1=O. The lowest BCUT2D eigenvalue weighted by Gasteiger charge is -2.30. The number of carbonyl (C=O) groups excluding carboxylic acids is 7. The van der Waals surface area contributed by atoms with Crippen molar-refractivity contribution in [2.45, 2.75) is 107 Å². The van der Waals surface area contributed by atoms with Gasteiger partial charge in [0, 0.05) is 38.8 Å². The number of halogens is 3. The summed E-state index contributed by atoms with van der Waals surface area (Å²) >= 11 is 0. The molecule has 0 radical (unpaired) electrons. The molecule has 6 unspecified atom stereocenters. The van der Waals surface area contributed by atoms with Gasteiger partial charge in [-0.05, 0) is 57.2 Å². The molecular formula is C40H65F3N14O11. The summed E-state index contributed by atoms with van der Waals surface area (Å²) in [6.45, 7) is 2.47. The Hall–Kier alpha value is -6.17. The molecule has 1 heterocycles. The highest BCUT2D eigenvalue weighted by atomic mass is 19.4. The van der Waals surface area contributed by atoms with E-state index in [0.29, 0.717) is 12.5 Å².